The van der Waals surface area contributed by atoms with Gasteiger partial charge in [-0.05, 0) is 54.9 Å². The van der Waals surface area contributed by atoms with Gasteiger partial charge in [-0.25, -0.2) is 10.1 Å². The molecule has 0 aliphatic heterocycles. The third-order valence-corrected chi connectivity index (χ3v) is 7.84. The lowest BCUT2D eigenvalue weighted by Gasteiger charge is -2.27. The molecule has 1 aromatic heterocycles. The van der Waals surface area contributed by atoms with Crippen LogP contribution in [0.2, 0.25) is 0 Å². The van der Waals surface area contributed by atoms with Crippen LogP contribution in [-0.4, -0.2) is 21.9 Å². The van der Waals surface area contributed by atoms with Crippen molar-refractivity contribution in [3.8, 4) is 28.1 Å². The summed E-state index contributed by atoms with van der Waals surface area (Å²) in [5, 5.41) is 9.27. The van der Waals surface area contributed by atoms with E-state index in [1.54, 1.807) is 6.21 Å². The number of benzene rings is 3. The molecule has 0 saturated heterocycles. The summed E-state index contributed by atoms with van der Waals surface area (Å²) in [6.45, 7) is 2.25. The second-order valence-electron chi connectivity index (χ2n) is 10.6. The molecule has 1 amide bonds. The van der Waals surface area contributed by atoms with Crippen molar-refractivity contribution in [2.24, 2.45) is 16.9 Å². The molecule has 0 bridgehead atoms. The average molecular weight is 519 g/mol. The molecule has 3 aromatic carbocycles. The minimum atomic E-state index is 0.0301. The number of amides is 1. The van der Waals surface area contributed by atoms with Gasteiger partial charge in [0.2, 0.25) is 5.91 Å². The fraction of sp³-hybridized carbons (Fsp3) is 0.324. The SMILES string of the molecule is CCCCCC1CCC(C(=O)N/N=C/c2cn(-c3ccccc3)nc2-c2ccc(-c3ccccc3)cc2)CC1. The molecular formula is C34H38N4O. The lowest BCUT2D eigenvalue weighted by Crippen LogP contribution is -2.30. The van der Waals surface area contributed by atoms with Gasteiger partial charge in [-0.15, -0.1) is 0 Å². The van der Waals surface area contributed by atoms with Crippen molar-refractivity contribution in [2.45, 2.75) is 58.3 Å². The van der Waals surface area contributed by atoms with E-state index in [1.807, 2.05) is 59.4 Å². The maximum absolute atomic E-state index is 12.9. The molecule has 1 heterocycles. The Kier molecular flexibility index (Phi) is 9.00. The Balaban J connectivity index is 1.29. The first-order chi connectivity index (χ1) is 19.2. The van der Waals surface area contributed by atoms with Gasteiger partial charge in [0, 0.05) is 23.2 Å². The zero-order valence-corrected chi connectivity index (χ0v) is 22.8. The number of nitrogens with one attached hydrogen (secondary N) is 1. The van der Waals surface area contributed by atoms with Gasteiger partial charge in [0.1, 0.15) is 5.69 Å². The summed E-state index contributed by atoms with van der Waals surface area (Å²) in [5.74, 6) is 0.868. The molecule has 5 heteroatoms. The molecule has 4 aromatic rings. The van der Waals surface area contributed by atoms with Crippen molar-refractivity contribution in [1.29, 1.82) is 0 Å². The first kappa shape index (κ1) is 26.6. The van der Waals surface area contributed by atoms with E-state index < -0.39 is 0 Å². The lowest BCUT2D eigenvalue weighted by atomic mass is 9.79. The normalized spacial score (nSPS) is 17.4. The number of hydrazone groups is 1. The highest BCUT2D eigenvalue weighted by atomic mass is 16.2. The standard InChI is InChI=1S/C34H38N4O/c1-2-3-6-11-26-16-18-30(19-17-26)34(39)36-35-24-31-25-38(32-14-9-5-10-15-32)37-33(31)29-22-20-28(21-23-29)27-12-7-4-8-13-27/h4-5,7-10,12-15,20-26,30H,2-3,6,11,16-19H2,1H3,(H,36,39)/b35-24+. The topological polar surface area (TPSA) is 59.3 Å². The van der Waals surface area contributed by atoms with Gasteiger partial charge in [0.25, 0.3) is 0 Å². The number of nitrogens with zero attached hydrogens (tertiary/aromatic N) is 3. The minimum Gasteiger partial charge on any atom is -0.273 e. The van der Waals surface area contributed by atoms with E-state index in [9.17, 15) is 4.79 Å². The van der Waals surface area contributed by atoms with Gasteiger partial charge in [-0.2, -0.15) is 10.2 Å². The highest BCUT2D eigenvalue weighted by Crippen LogP contribution is 2.32. The Morgan fingerprint density at radius 2 is 1.51 bits per heavy atom. The van der Waals surface area contributed by atoms with Gasteiger partial charge < -0.3 is 0 Å². The fourth-order valence-electron chi connectivity index (χ4n) is 5.52. The maximum Gasteiger partial charge on any atom is 0.243 e. The number of carbonyl (C=O) groups is 1. The Labute approximate surface area is 232 Å². The van der Waals surface area contributed by atoms with Crippen LogP contribution in [0, 0.1) is 11.8 Å². The van der Waals surface area contributed by atoms with Crippen LogP contribution in [0.1, 0.15) is 63.9 Å². The maximum atomic E-state index is 12.9. The van der Waals surface area contributed by atoms with Crippen LogP contribution in [0.4, 0.5) is 0 Å². The number of hydrogen-bond donors (Lipinski definition) is 1. The first-order valence-electron chi connectivity index (χ1n) is 14.3. The number of para-hydroxylation sites is 1. The van der Waals surface area contributed by atoms with Crippen LogP contribution in [0.5, 0.6) is 0 Å². The van der Waals surface area contributed by atoms with Crippen LogP contribution in [0.25, 0.3) is 28.1 Å². The van der Waals surface area contributed by atoms with Crippen LogP contribution < -0.4 is 5.43 Å². The van der Waals surface area contributed by atoms with E-state index in [-0.39, 0.29) is 11.8 Å². The molecule has 0 atom stereocenters. The van der Waals surface area contributed by atoms with Crippen LogP contribution >= 0.6 is 0 Å². The molecule has 1 fully saturated rings. The van der Waals surface area contributed by atoms with E-state index in [2.05, 4.69) is 53.8 Å². The highest BCUT2D eigenvalue weighted by Gasteiger charge is 2.25. The minimum absolute atomic E-state index is 0.0301. The number of unbranched alkanes of at least 4 members (excludes halogenated alkanes) is 2. The van der Waals surface area contributed by atoms with E-state index in [1.165, 1.54) is 31.2 Å². The second-order valence-corrected chi connectivity index (χ2v) is 10.6. The highest BCUT2D eigenvalue weighted by molar-refractivity contribution is 5.90. The van der Waals surface area contributed by atoms with Crippen molar-refractivity contribution in [3.05, 3.63) is 96.7 Å². The largest absolute Gasteiger partial charge is 0.273 e. The Morgan fingerprint density at radius 3 is 2.21 bits per heavy atom. The first-order valence-corrected chi connectivity index (χ1v) is 14.3. The summed E-state index contributed by atoms with van der Waals surface area (Å²) < 4.78 is 1.86. The summed E-state index contributed by atoms with van der Waals surface area (Å²) in [7, 11) is 0. The third kappa shape index (κ3) is 6.91. The fourth-order valence-corrected chi connectivity index (χ4v) is 5.52. The van der Waals surface area contributed by atoms with Gasteiger partial charge in [-0.3, -0.25) is 4.79 Å². The zero-order valence-electron chi connectivity index (χ0n) is 22.8. The van der Waals surface area contributed by atoms with Crippen molar-refractivity contribution >= 4 is 12.1 Å². The molecule has 0 unspecified atom stereocenters. The Hall–Kier alpha value is -3.99. The quantitative estimate of drug-likeness (QED) is 0.131. The van der Waals surface area contributed by atoms with Gasteiger partial charge in [0.05, 0.1) is 11.9 Å². The predicted molar refractivity (Wildman–Crippen MR) is 160 cm³/mol. The lowest BCUT2D eigenvalue weighted by molar-refractivity contribution is -0.126. The second kappa shape index (κ2) is 13.2. The molecule has 0 radical (unpaired) electrons. The van der Waals surface area contributed by atoms with Crippen molar-refractivity contribution in [3.63, 3.8) is 0 Å². The molecule has 5 nitrogen and oxygen atoms in total. The molecule has 1 aliphatic rings. The molecule has 1 saturated carbocycles. The van der Waals surface area contributed by atoms with E-state index >= 15 is 0 Å². The number of carbonyl (C=O) groups excluding carboxylic acids is 1. The van der Waals surface area contributed by atoms with Gasteiger partial charge in [-0.1, -0.05) is 105 Å². The zero-order chi connectivity index (χ0) is 26.9. The predicted octanol–water partition coefficient (Wildman–Crippen LogP) is 8.04. The van der Waals surface area contributed by atoms with Gasteiger partial charge in [0.15, 0.2) is 0 Å². The number of hydrogen-bond acceptors (Lipinski definition) is 3. The van der Waals surface area contributed by atoms with E-state index in [0.29, 0.717) is 0 Å². The summed E-state index contributed by atoms with van der Waals surface area (Å²) in [6, 6.07) is 28.8. The number of rotatable bonds is 10. The van der Waals surface area contributed by atoms with E-state index in [0.717, 1.165) is 59.7 Å². The Morgan fingerprint density at radius 1 is 0.872 bits per heavy atom. The van der Waals surface area contributed by atoms with Crippen molar-refractivity contribution in [1.82, 2.24) is 15.2 Å². The number of aromatic nitrogens is 2. The molecule has 39 heavy (non-hydrogen) atoms. The molecular weight excluding hydrogens is 480 g/mol. The van der Waals surface area contributed by atoms with E-state index in [4.69, 9.17) is 5.10 Å². The third-order valence-electron chi connectivity index (χ3n) is 7.84. The van der Waals surface area contributed by atoms with Gasteiger partial charge >= 0.3 is 0 Å². The monoisotopic (exact) mass is 518 g/mol. The average Bonchev–Trinajstić information content (AvgIpc) is 3.43. The molecule has 0 spiro atoms. The summed E-state index contributed by atoms with van der Waals surface area (Å²) in [5.41, 5.74) is 8.80. The smallest absolute Gasteiger partial charge is 0.243 e. The van der Waals surface area contributed by atoms with Crippen LogP contribution in [0.15, 0.2) is 96.2 Å². The molecule has 200 valence electrons. The molecule has 1 N–H and O–H groups in total. The summed E-state index contributed by atoms with van der Waals surface area (Å²) in [6.07, 6.45) is 13.1. The Bertz CT molecular complexity index is 1350. The molecule has 5 rings (SSSR count). The molecule has 1 aliphatic carbocycles. The van der Waals surface area contributed by atoms with Crippen LogP contribution in [-0.2, 0) is 4.79 Å². The van der Waals surface area contributed by atoms with Crippen LogP contribution in [0.3, 0.4) is 0 Å². The summed E-state index contributed by atoms with van der Waals surface area (Å²) in [4.78, 5) is 12.9. The van der Waals surface area contributed by atoms with Crippen molar-refractivity contribution < 1.29 is 4.79 Å². The van der Waals surface area contributed by atoms with Crippen molar-refractivity contribution in [2.75, 3.05) is 0 Å². The summed E-state index contributed by atoms with van der Waals surface area (Å²) >= 11 is 0.